The van der Waals surface area contributed by atoms with Crippen molar-refractivity contribution < 1.29 is 24.0 Å². The second-order valence-electron chi connectivity index (χ2n) is 6.01. The van der Waals surface area contributed by atoms with Crippen LogP contribution < -0.4 is 10.1 Å². The van der Waals surface area contributed by atoms with E-state index in [4.69, 9.17) is 9.47 Å². The van der Waals surface area contributed by atoms with E-state index < -0.39 is 10.9 Å². The lowest BCUT2D eigenvalue weighted by Crippen LogP contribution is -2.34. The largest absolute Gasteiger partial charge is 0.482 e. The topological polar surface area (TPSA) is 108 Å². The van der Waals surface area contributed by atoms with Crippen LogP contribution in [0.4, 0.5) is 5.69 Å². The Kier molecular flexibility index (Phi) is 7.18. The van der Waals surface area contributed by atoms with Gasteiger partial charge in [0.1, 0.15) is 5.75 Å². The maximum atomic E-state index is 11.7. The average molecular weight is 350 g/mol. The Bertz CT molecular complexity index is 596. The summed E-state index contributed by atoms with van der Waals surface area (Å²) in [5.74, 6) is -0.177. The van der Waals surface area contributed by atoms with Crippen molar-refractivity contribution in [3.8, 4) is 5.75 Å². The summed E-state index contributed by atoms with van der Waals surface area (Å²) in [6.45, 7) is -0.0848. The van der Waals surface area contributed by atoms with Gasteiger partial charge in [-0.2, -0.15) is 0 Å². The molecule has 0 spiro atoms. The number of rotatable bonds is 8. The van der Waals surface area contributed by atoms with Crippen LogP contribution in [0.15, 0.2) is 24.3 Å². The summed E-state index contributed by atoms with van der Waals surface area (Å²) in [6, 6.07) is 5.34. The number of non-ortho nitro benzene ring substituents is 1. The second-order valence-corrected chi connectivity index (χ2v) is 6.01. The highest BCUT2D eigenvalue weighted by Gasteiger charge is 2.15. The second kappa shape index (κ2) is 9.61. The number of carbonyl (C=O) groups is 2. The third-order valence-corrected chi connectivity index (χ3v) is 4.08. The van der Waals surface area contributed by atoms with Crippen molar-refractivity contribution in [2.24, 2.45) is 5.92 Å². The van der Waals surface area contributed by atoms with E-state index in [1.54, 1.807) is 0 Å². The van der Waals surface area contributed by atoms with Gasteiger partial charge in [0.15, 0.2) is 13.2 Å². The van der Waals surface area contributed by atoms with E-state index in [-0.39, 0.29) is 24.8 Å². The number of nitrogens with zero attached hydrogens (tertiary/aromatic N) is 1. The number of nitrogens with one attached hydrogen (secondary N) is 1. The summed E-state index contributed by atoms with van der Waals surface area (Å²) in [5, 5.41) is 13.3. The fourth-order valence-electron chi connectivity index (χ4n) is 2.69. The molecule has 1 aliphatic rings. The van der Waals surface area contributed by atoms with Crippen LogP contribution in [-0.2, 0) is 14.3 Å². The Balaban J connectivity index is 1.61. The fraction of sp³-hybridized carbons (Fsp3) is 0.529. The number of hydrogen-bond donors (Lipinski definition) is 1. The molecule has 0 aliphatic heterocycles. The summed E-state index contributed by atoms with van der Waals surface area (Å²) in [7, 11) is 0. The molecule has 136 valence electrons. The van der Waals surface area contributed by atoms with E-state index in [1.165, 1.54) is 43.5 Å². The minimum atomic E-state index is -0.675. The maximum absolute atomic E-state index is 11.7. The normalized spacial score (nSPS) is 14.6. The zero-order valence-corrected chi connectivity index (χ0v) is 13.9. The third-order valence-electron chi connectivity index (χ3n) is 4.08. The van der Waals surface area contributed by atoms with Crippen LogP contribution in [0.5, 0.6) is 5.75 Å². The number of ether oxygens (including phenoxy) is 2. The molecule has 1 aromatic rings. The molecule has 0 atom stereocenters. The molecule has 1 fully saturated rings. The SMILES string of the molecule is O=C(COC(=O)COc1ccc([N+](=O)[O-])cc1)NCC1CCCCC1. The van der Waals surface area contributed by atoms with Crippen molar-refractivity contribution in [3.05, 3.63) is 34.4 Å². The van der Waals surface area contributed by atoms with Gasteiger partial charge in [-0.25, -0.2) is 4.79 Å². The van der Waals surface area contributed by atoms with Crippen molar-refractivity contribution in [1.82, 2.24) is 5.32 Å². The molecule has 0 radical (unpaired) electrons. The lowest BCUT2D eigenvalue weighted by molar-refractivity contribution is -0.384. The van der Waals surface area contributed by atoms with Crippen molar-refractivity contribution in [2.75, 3.05) is 19.8 Å². The van der Waals surface area contributed by atoms with Crippen LogP contribution in [0, 0.1) is 16.0 Å². The van der Waals surface area contributed by atoms with Gasteiger partial charge < -0.3 is 14.8 Å². The molecule has 0 bridgehead atoms. The Morgan fingerprint density at radius 1 is 1.12 bits per heavy atom. The monoisotopic (exact) mass is 350 g/mol. The first-order valence-corrected chi connectivity index (χ1v) is 8.34. The van der Waals surface area contributed by atoms with Gasteiger partial charge in [0, 0.05) is 18.7 Å². The molecule has 8 nitrogen and oxygen atoms in total. The standard InChI is InChI=1S/C17H22N2O6/c20-16(18-10-13-4-2-1-3-5-13)11-25-17(21)12-24-15-8-6-14(7-9-15)19(22)23/h6-9,13H,1-5,10-12H2,(H,18,20). The summed E-state index contributed by atoms with van der Waals surface area (Å²) in [4.78, 5) is 33.2. The molecule has 1 N–H and O–H groups in total. The minimum absolute atomic E-state index is 0.0652. The zero-order valence-electron chi connectivity index (χ0n) is 13.9. The quantitative estimate of drug-likeness (QED) is 0.437. The lowest BCUT2D eigenvalue weighted by Gasteiger charge is -2.21. The highest BCUT2D eigenvalue weighted by molar-refractivity contribution is 5.80. The van der Waals surface area contributed by atoms with Crippen molar-refractivity contribution in [2.45, 2.75) is 32.1 Å². The Morgan fingerprint density at radius 3 is 2.44 bits per heavy atom. The van der Waals surface area contributed by atoms with Crippen LogP contribution in [0.2, 0.25) is 0 Å². The predicted octanol–water partition coefficient (Wildman–Crippen LogP) is 2.21. The van der Waals surface area contributed by atoms with Gasteiger partial charge in [-0.3, -0.25) is 14.9 Å². The minimum Gasteiger partial charge on any atom is -0.482 e. The number of hydrogen-bond acceptors (Lipinski definition) is 6. The van der Waals surface area contributed by atoms with Crippen LogP contribution in [0.1, 0.15) is 32.1 Å². The Labute approximate surface area is 145 Å². The van der Waals surface area contributed by atoms with Crippen LogP contribution in [-0.4, -0.2) is 36.6 Å². The molecule has 2 rings (SSSR count). The van der Waals surface area contributed by atoms with E-state index >= 15 is 0 Å². The smallest absolute Gasteiger partial charge is 0.344 e. The van der Waals surface area contributed by atoms with Crippen LogP contribution >= 0.6 is 0 Å². The van der Waals surface area contributed by atoms with E-state index in [0.29, 0.717) is 18.2 Å². The summed E-state index contributed by atoms with van der Waals surface area (Å²) >= 11 is 0. The Morgan fingerprint density at radius 2 is 1.80 bits per heavy atom. The van der Waals surface area contributed by atoms with Crippen molar-refractivity contribution >= 4 is 17.6 Å². The molecule has 0 unspecified atom stereocenters. The predicted molar refractivity (Wildman–Crippen MR) is 89.1 cm³/mol. The number of nitro benzene ring substituents is 1. The summed E-state index contributed by atoms with van der Waals surface area (Å²) in [5.41, 5.74) is -0.0652. The van der Waals surface area contributed by atoms with Gasteiger partial charge in [-0.15, -0.1) is 0 Å². The van der Waals surface area contributed by atoms with E-state index in [9.17, 15) is 19.7 Å². The molecule has 0 heterocycles. The molecule has 0 saturated heterocycles. The fourth-order valence-corrected chi connectivity index (χ4v) is 2.69. The number of carbonyl (C=O) groups excluding carboxylic acids is 2. The molecule has 1 aromatic carbocycles. The van der Waals surface area contributed by atoms with Gasteiger partial charge in [-0.1, -0.05) is 19.3 Å². The van der Waals surface area contributed by atoms with Crippen LogP contribution in [0.25, 0.3) is 0 Å². The molecular formula is C17H22N2O6. The average Bonchev–Trinajstić information content (AvgIpc) is 2.64. The first-order valence-electron chi connectivity index (χ1n) is 8.34. The first-order chi connectivity index (χ1) is 12.0. The number of esters is 1. The molecular weight excluding hydrogens is 328 g/mol. The van der Waals surface area contributed by atoms with Crippen molar-refractivity contribution in [1.29, 1.82) is 0 Å². The molecule has 1 saturated carbocycles. The highest BCUT2D eigenvalue weighted by Crippen LogP contribution is 2.22. The molecule has 1 amide bonds. The van der Waals surface area contributed by atoms with Gasteiger partial charge in [0.05, 0.1) is 4.92 Å². The first kappa shape index (κ1) is 18.7. The van der Waals surface area contributed by atoms with Crippen LogP contribution in [0.3, 0.4) is 0 Å². The van der Waals surface area contributed by atoms with E-state index in [2.05, 4.69) is 5.32 Å². The lowest BCUT2D eigenvalue weighted by atomic mass is 9.89. The van der Waals surface area contributed by atoms with Gasteiger partial charge in [0.25, 0.3) is 11.6 Å². The third kappa shape index (κ3) is 6.78. The van der Waals surface area contributed by atoms with E-state index in [0.717, 1.165) is 12.8 Å². The van der Waals surface area contributed by atoms with Gasteiger partial charge in [-0.05, 0) is 30.9 Å². The number of amides is 1. The molecule has 1 aliphatic carbocycles. The van der Waals surface area contributed by atoms with Gasteiger partial charge >= 0.3 is 5.97 Å². The highest BCUT2D eigenvalue weighted by atomic mass is 16.6. The number of nitro groups is 1. The maximum Gasteiger partial charge on any atom is 0.344 e. The molecule has 8 heteroatoms. The summed E-state index contributed by atoms with van der Waals surface area (Å²) in [6.07, 6.45) is 5.92. The number of benzene rings is 1. The van der Waals surface area contributed by atoms with Crippen molar-refractivity contribution in [3.63, 3.8) is 0 Å². The van der Waals surface area contributed by atoms with Gasteiger partial charge in [0.2, 0.25) is 0 Å². The summed E-state index contributed by atoms with van der Waals surface area (Å²) < 4.78 is 10.0. The molecule has 25 heavy (non-hydrogen) atoms. The zero-order chi connectivity index (χ0) is 18.1. The Hall–Kier alpha value is -2.64. The van der Waals surface area contributed by atoms with E-state index in [1.807, 2.05) is 0 Å². The molecule has 0 aromatic heterocycles.